The molecule has 0 saturated carbocycles. The van der Waals surface area contributed by atoms with E-state index in [0.717, 1.165) is 62.3 Å². The van der Waals surface area contributed by atoms with Crippen molar-refractivity contribution < 1.29 is 14.2 Å². The first-order valence-electron chi connectivity index (χ1n) is 15.3. The molecule has 38 heavy (non-hydrogen) atoms. The molecule has 3 nitrogen and oxygen atoms in total. The van der Waals surface area contributed by atoms with Gasteiger partial charge in [-0.3, -0.25) is 0 Å². The summed E-state index contributed by atoms with van der Waals surface area (Å²) < 4.78 is 19.7. The minimum Gasteiger partial charge on any atom is -0.494 e. The van der Waals surface area contributed by atoms with E-state index in [0.29, 0.717) is 11.8 Å². The van der Waals surface area contributed by atoms with Crippen LogP contribution in [0.5, 0.6) is 5.75 Å². The summed E-state index contributed by atoms with van der Waals surface area (Å²) in [6, 6.07) is 13.5. The highest BCUT2D eigenvalue weighted by Crippen LogP contribution is 2.43. The van der Waals surface area contributed by atoms with E-state index >= 15 is 0 Å². The van der Waals surface area contributed by atoms with Crippen molar-refractivity contribution in [3.63, 3.8) is 0 Å². The van der Waals surface area contributed by atoms with Gasteiger partial charge in [0.05, 0.1) is 12.7 Å². The fourth-order valence-corrected chi connectivity index (χ4v) is 5.99. The molecule has 0 radical (unpaired) electrons. The zero-order valence-electron chi connectivity index (χ0n) is 24.4. The highest BCUT2D eigenvalue weighted by Gasteiger charge is 2.37. The van der Waals surface area contributed by atoms with E-state index in [9.17, 15) is 9.50 Å². The highest BCUT2D eigenvalue weighted by molar-refractivity contribution is 5.33. The summed E-state index contributed by atoms with van der Waals surface area (Å²) in [6.45, 7) is 9.45. The number of hydrogen-bond acceptors (Lipinski definition) is 3. The largest absolute Gasteiger partial charge is 0.494 e. The second kappa shape index (κ2) is 16.3. The summed E-state index contributed by atoms with van der Waals surface area (Å²) in [5.41, 5.74) is 3.22. The summed E-state index contributed by atoms with van der Waals surface area (Å²) in [5.74, 6) is 1.78. The number of benzene rings is 2. The van der Waals surface area contributed by atoms with E-state index in [1.54, 1.807) is 12.1 Å². The van der Waals surface area contributed by atoms with Gasteiger partial charge >= 0.3 is 0 Å². The lowest BCUT2D eigenvalue weighted by molar-refractivity contribution is 0.0320. The highest BCUT2D eigenvalue weighted by atomic mass is 19.1. The van der Waals surface area contributed by atoms with E-state index < -0.39 is 6.10 Å². The van der Waals surface area contributed by atoms with Crippen molar-refractivity contribution in [3.8, 4) is 5.75 Å². The Morgan fingerprint density at radius 1 is 0.947 bits per heavy atom. The molecule has 0 saturated heterocycles. The third kappa shape index (κ3) is 9.68. The molecular weight excluding hydrogens is 473 g/mol. The monoisotopic (exact) mass is 525 g/mol. The van der Waals surface area contributed by atoms with Crippen molar-refractivity contribution >= 4 is 0 Å². The Morgan fingerprint density at radius 2 is 1.63 bits per heavy atom. The lowest BCUT2D eigenvalue weighted by Crippen LogP contribution is -2.35. The summed E-state index contributed by atoms with van der Waals surface area (Å²) in [6.07, 6.45) is 12.8. The second-order valence-corrected chi connectivity index (χ2v) is 11.9. The average molecular weight is 526 g/mol. The molecule has 2 aromatic rings. The molecule has 2 aromatic carbocycles. The minimum absolute atomic E-state index is 0.202. The van der Waals surface area contributed by atoms with Gasteiger partial charge in [0.2, 0.25) is 0 Å². The molecule has 3 atom stereocenters. The molecule has 212 valence electrons. The van der Waals surface area contributed by atoms with Crippen LogP contribution in [0.3, 0.4) is 0 Å². The van der Waals surface area contributed by atoms with Crippen LogP contribution < -0.4 is 4.74 Å². The molecule has 0 aromatic heterocycles. The number of halogens is 1. The van der Waals surface area contributed by atoms with Gasteiger partial charge in [-0.25, -0.2) is 4.39 Å². The molecule has 0 bridgehead atoms. The fourth-order valence-electron chi connectivity index (χ4n) is 5.99. The standard InChI is InChI=1S/C34H52FNO2/c1-5-6-7-8-9-10-11-12-23-38-30-16-13-27(14-17-30)19-21-36(4)22-20-32-33(26(2)3)25-28-24-29(35)15-18-31(28)34(32)37/h13-18,24,26,32-34,37H,5-12,19-23,25H2,1-4H3/t32-,33?,34+/m0/s1. The molecule has 4 heteroatoms. The first-order chi connectivity index (χ1) is 18.4. The van der Waals surface area contributed by atoms with Crippen molar-refractivity contribution in [1.82, 2.24) is 4.90 Å². The van der Waals surface area contributed by atoms with Crippen LogP contribution in [0.4, 0.5) is 4.39 Å². The maximum absolute atomic E-state index is 13.8. The van der Waals surface area contributed by atoms with Gasteiger partial charge < -0.3 is 14.7 Å². The Balaban J connectivity index is 1.36. The molecular formula is C34H52FNO2. The van der Waals surface area contributed by atoms with Crippen LogP contribution in [0.25, 0.3) is 0 Å². The smallest absolute Gasteiger partial charge is 0.123 e. The van der Waals surface area contributed by atoms with E-state index in [-0.39, 0.29) is 11.7 Å². The molecule has 1 N–H and O–H groups in total. The Morgan fingerprint density at radius 3 is 2.32 bits per heavy atom. The molecule has 1 aliphatic rings. The Hall–Kier alpha value is -1.91. The topological polar surface area (TPSA) is 32.7 Å². The van der Waals surface area contributed by atoms with Crippen LogP contribution >= 0.6 is 0 Å². The van der Waals surface area contributed by atoms with Crippen LogP contribution in [-0.2, 0) is 12.8 Å². The molecule has 1 unspecified atom stereocenters. The van der Waals surface area contributed by atoms with E-state index in [1.165, 1.54) is 56.6 Å². The SMILES string of the molecule is CCCCCCCCCCOc1ccc(CCN(C)CC[C@H]2C(C(C)C)Cc3cc(F)ccc3[C@H]2O)cc1. The zero-order valence-corrected chi connectivity index (χ0v) is 24.4. The van der Waals surface area contributed by atoms with Gasteiger partial charge in [0.1, 0.15) is 11.6 Å². The van der Waals surface area contributed by atoms with Crippen molar-refractivity contribution in [2.75, 3.05) is 26.7 Å². The average Bonchev–Trinajstić information content (AvgIpc) is 2.90. The van der Waals surface area contributed by atoms with Crippen molar-refractivity contribution in [3.05, 3.63) is 65.0 Å². The first kappa shape index (κ1) is 30.6. The number of rotatable bonds is 17. The van der Waals surface area contributed by atoms with Crippen molar-refractivity contribution in [2.24, 2.45) is 17.8 Å². The second-order valence-electron chi connectivity index (χ2n) is 11.9. The number of nitrogens with zero attached hydrogens (tertiary/aromatic N) is 1. The molecule has 0 amide bonds. The van der Waals surface area contributed by atoms with Gasteiger partial charge in [0.15, 0.2) is 0 Å². The molecule has 1 aliphatic carbocycles. The number of unbranched alkanes of at least 4 members (excludes halogenated alkanes) is 7. The van der Waals surface area contributed by atoms with Crippen molar-refractivity contribution in [2.45, 2.75) is 97.5 Å². The van der Waals surface area contributed by atoms with Crippen LogP contribution in [0.15, 0.2) is 42.5 Å². The predicted molar refractivity (Wildman–Crippen MR) is 157 cm³/mol. The van der Waals surface area contributed by atoms with Gasteiger partial charge in [-0.1, -0.05) is 83.9 Å². The van der Waals surface area contributed by atoms with Crippen LogP contribution in [-0.4, -0.2) is 36.8 Å². The summed E-state index contributed by atoms with van der Waals surface area (Å²) in [7, 11) is 2.17. The molecule has 0 heterocycles. The molecule has 0 aliphatic heterocycles. The number of aliphatic hydroxyl groups excluding tert-OH is 1. The number of fused-ring (bicyclic) bond motifs is 1. The number of hydrogen-bond donors (Lipinski definition) is 1. The van der Waals surface area contributed by atoms with Crippen LogP contribution in [0.2, 0.25) is 0 Å². The fraction of sp³-hybridized carbons (Fsp3) is 0.647. The Labute approximate surface area is 231 Å². The quantitative estimate of drug-likeness (QED) is 0.211. The summed E-state index contributed by atoms with van der Waals surface area (Å²) in [4.78, 5) is 2.37. The minimum atomic E-state index is -0.515. The third-order valence-electron chi connectivity index (χ3n) is 8.51. The lowest BCUT2D eigenvalue weighted by atomic mass is 9.68. The van der Waals surface area contributed by atoms with E-state index in [1.807, 2.05) is 0 Å². The number of likely N-dealkylation sites (N-methyl/N-ethyl adjacent to an activating group) is 1. The lowest BCUT2D eigenvalue weighted by Gasteiger charge is -2.40. The van der Waals surface area contributed by atoms with Crippen LogP contribution in [0.1, 0.15) is 101 Å². The first-order valence-corrected chi connectivity index (χ1v) is 15.3. The number of aliphatic hydroxyl groups is 1. The normalized spacial score (nSPS) is 19.2. The van der Waals surface area contributed by atoms with E-state index in [4.69, 9.17) is 4.74 Å². The zero-order chi connectivity index (χ0) is 27.3. The van der Waals surface area contributed by atoms with Crippen molar-refractivity contribution in [1.29, 1.82) is 0 Å². The predicted octanol–water partition coefficient (Wildman–Crippen LogP) is 8.39. The molecule has 3 rings (SSSR count). The van der Waals surface area contributed by atoms with Gasteiger partial charge in [0.25, 0.3) is 0 Å². The Bertz CT molecular complexity index is 929. The summed E-state index contributed by atoms with van der Waals surface area (Å²) in [5, 5.41) is 11.2. The van der Waals surface area contributed by atoms with Gasteiger partial charge in [-0.2, -0.15) is 0 Å². The third-order valence-corrected chi connectivity index (χ3v) is 8.51. The molecule has 0 fully saturated rings. The number of ether oxygens (including phenoxy) is 1. The summed E-state index contributed by atoms with van der Waals surface area (Å²) >= 11 is 0. The Kier molecular flexibility index (Phi) is 13.1. The maximum Gasteiger partial charge on any atom is 0.123 e. The van der Waals surface area contributed by atoms with Gasteiger partial charge in [0, 0.05) is 6.54 Å². The van der Waals surface area contributed by atoms with E-state index in [2.05, 4.69) is 57.0 Å². The maximum atomic E-state index is 13.8. The molecule has 0 spiro atoms. The van der Waals surface area contributed by atoms with Crippen LogP contribution in [0, 0.1) is 23.6 Å². The van der Waals surface area contributed by atoms with Gasteiger partial charge in [-0.05, 0) is 98.0 Å². The van der Waals surface area contributed by atoms with Gasteiger partial charge in [-0.15, -0.1) is 0 Å².